The summed E-state index contributed by atoms with van der Waals surface area (Å²) < 4.78 is 30.0. The van der Waals surface area contributed by atoms with Crippen molar-refractivity contribution >= 4 is 44.7 Å². The Hall–Kier alpha value is -4.27. The highest BCUT2D eigenvalue weighted by molar-refractivity contribution is 7.21. The summed E-state index contributed by atoms with van der Waals surface area (Å²) in [6, 6.07) is 1.19. The highest BCUT2D eigenvalue weighted by Gasteiger charge is 2.27. The van der Waals surface area contributed by atoms with Crippen LogP contribution in [-0.4, -0.2) is 41.3 Å². The molecule has 4 rings (SSSR count). The van der Waals surface area contributed by atoms with E-state index in [1.54, 1.807) is 20.2 Å². The predicted octanol–water partition coefficient (Wildman–Crippen LogP) is 3.40. The fourth-order valence-corrected chi connectivity index (χ4v) is 5.03. The number of amides is 2. The number of nitrogens with zero attached hydrogens (tertiary/aromatic N) is 6. The second kappa shape index (κ2) is 9.07. The molecule has 12 nitrogen and oxygen atoms in total. The second-order valence-corrected chi connectivity index (χ2v) is 9.03. The van der Waals surface area contributed by atoms with Crippen LogP contribution in [0.1, 0.15) is 38.9 Å². The van der Waals surface area contributed by atoms with E-state index in [9.17, 15) is 28.5 Å². The van der Waals surface area contributed by atoms with E-state index in [1.165, 1.54) is 29.3 Å². The molecule has 0 spiro atoms. The van der Waals surface area contributed by atoms with Crippen LogP contribution >= 0.6 is 11.3 Å². The number of aromatic nitrogens is 5. The third-order valence-electron chi connectivity index (χ3n) is 5.52. The van der Waals surface area contributed by atoms with Gasteiger partial charge in [-0.15, -0.1) is 11.3 Å². The topological polar surface area (TPSA) is 164 Å². The summed E-state index contributed by atoms with van der Waals surface area (Å²) in [7, 11) is 1.67. The molecule has 0 aliphatic heterocycles. The van der Waals surface area contributed by atoms with Crippen LogP contribution in [0.4, 0.5) is 20.2 Å². The number of rotatable bonds is 7. The van der Waals surface area contributed by atoms with E-state index < -0.39 is 35.4 Å². The molecule has 0 saturated heterocycles. The molecule has 0 aromatic carbocycles. The second-order valence-electron chi connectivity index (χ2n) is 8.03. The molecule has 4 heterocycles. The Morgan fingerprint density at radius 2 is 1.92 bits per heavy atom. The summed E-state index contributed by atoms with van der Waals surface area (Å²) in [5.41, 5.74) is 6.48. The zero-order chi connectivity index (χ0) is 26.5. The monoisotopic (exact) mass is 518 g/mol. The number of nitro groups is 1. The van der Waals surface area contributed by atoms with Gasteiger partial charge in [0.05, 0.1) is 16.3 Å². The van der Waals surface area contributed by atoms with Crippen molar-refractivity contribution in [3.05, 3.63) is 50.0 Å². The minimum atomic E-state index is -2.89. The lowest BCUT2D eigenvalue weighted by atomic mass is 10.0. The molecule has 0 saturated carbocycles. The van der Waals surface area contributed by atoms with Crippen molar-refractivity contribution in [3.8, 4) is 11.1 Å². The highest BCUT2D eigenvalue weighted by atomic mass is 32.1. The van der Waals surface area contributed by atoms with Gasteiger partial charge in [0, 0.05) is 24.2 Å². The molecule has 4 aromatic rings. The molecule has 36 heavy (non-hydrogen) atoms. The van der Waals surface area contributed by atoms with Crippen molar-refractivity contribution in [3.63, 3.8) is 0 Å². The summed E-state index contributed by atoms with van der Waals surface area (Å²) in [5, 5.41) is 22.5. The van der Waals surface area contributed by atoms with Gasteiger partial charge < -0.3 is 11.1 Å². The first-order valence-electron chi connectivity index (χ1n) is 10.4. The average Bonchev–Trinajstić information content (AvgIpc) is 3.40. The molecule has 188 valence electrons. The number of thiophene rings is 1. The molecule has 0 fully saturated rings. The number of halogens is 2. The molecule has 4 aromatic heterocycles. The van der Waals surface area contributed by atoms with Crippen molar-refractivity contribution in [2.24, 2.45) is 12.8 Å². The van der Waals surface area contributed by atoms with Gasteiger partial charge in [-0.05, 0) is 32.4 Å². The number of nitrogens with two attached hydrogens (primary N) is 1. The van der Waals surface area contributed by atoms with Crippen LogP contribution < -0.4 is 11.1 Å². The molecular formula is C21H20F2N8O4S. The first-order valence-corrected chi connectivity index (χ1v) is 11.2. The quantitative estimate of drug-likeness (QED) is 0.280. The Kier molecular flexibility index (Phi) is 6.26. The lowest BCUT2D eigenvalue weighted by molar-refractivity contribution is -0.386. The molecule has 3 N–H and O–H groups in total. The molecule has 0 atom stereocenters. The third kappa shape index (κ3) is 4.28. The van der Waals surface area contributed by atoms with Crippen molar-refractivity contribution in [2.45, 2.75) is 33.7 Å². The first kappa shape index (κ1) is 24.8. The van der Waals surface area contributed by atoms with Gasteiger partial charge >= 0.3 is 5.69 Å². The number of primary amides is 1. The van der Waals surface area contributed by atoms with Crippen LogP contribution in [0, 0.1) is 30.9 Å². The Morgan fingerprint density at radius 3 is 2.44 bits per heavy atom. The third-order valence-corrected chi connectivity index (χ3v) is 6.61. The molecule has 15 heteroatoms. The van der Waals surface area contributed by atoms with Gasteiger partial charge in [-0.25, -0.2) is 13.8 Å². The lowest BCUT2D eigenvalue weighted by Gasteiger charge is -2.11. The molecule has 0 radical (unpaired) electrons. The maximum Gasteiger partial charge on any atom is 0.312 e. The van der Waals surface area contributed by atoms with Crippen LogP contribution in [0.15, 0.2) is 12.3 Å². The molecular weight excluding hydrogens is 498 g/mol. The van der Waals surface area contributed by atoms with E-state index in [0.29, 0.717) is 16.8 Å². The maximum atomic E-state index is 13.6. The van der Waals surface area contributed by atoms with Crippen molar-refractivity contribution in [1.29, 1.82) is 0 Å². The van der Waals surface area contributed by atoms with Crippen LogP contribution in [0.3, 0.4) is 0 Å². The fourth-order valence-electron chi connectivity index (χ4n) is 4.02. The van der Waals surface area contributed by atoms with E-state index in [1.807, 2.05) is 0 Å². The standard InChI is InChI=1S/C21H20F2N8O4S/c1-8-12(6-29(4)27-8)11-5-13(19(22)23)25-21-15(11)16(18(36-21)20(24)33)26-14(32)7-30-10(3)17(31(34)35)9(2)28-30/h5-6,19H,7H2,1-4H3,(H2,24,33)(H,26,32). The average molecular weight is 519 g/mol. The first-order chi connectivity index (χ1) is 16.9. The van der Waals surface area contributed by atoms with Gasteiger partial charge in [0.15, 0.2) is 0 Å². The van der Waals surface area contributed by atoms with Gasteiger partial charge in [0.1, 0.15) is 33.3 Å². The number of aryl methyl sites for hydroxylation is 3. The number of hydrogen-bond donors (Lipinski definition) is 2. The van der Waals surface area contributed by atoms with Crippen molar-refractivity contribution < 1.29 is 23.3 Å². The SMILES string of the molecule is Cc1nn(C)cc1-c1cc(C(F)F)nc2sc(C(N)=O)c(NC(=O)Cn3nc(C)c([N+](=O)[O-])c3C)c12. The zero-order valence-electron chi connectivity index (χ0n) is 19.5. The van der Waals surface area contributed by atoms with Crippen LogP contribution in [0.2, 0.25) is 0 Å². The largest absolute Gasteiger partial charge is 0.365 e. The van der Waals surface area contributed by atoms with Crippen LogP contribution in [-0.2, 0) is 18.4 Å². The number of alkyl halides is 2. The minimum absolute atomic E-state index is 0.00935. The molecule has 2 amide bonds. The lowest BCUT2D eigenvalue weighted by Crippen LogP contribution is -2.22. The van der Waals surface area contributed by atoms with Crippen LogP contribution in [0.25, 0.3) is 21.3 Å². The number of pyridine rings is 1. The normalized spacial score (nSPS) is 11.4. The minimum Gasteiger partial charge on any atom is -0.365 e. The Bertz CT molecular complexity index is 1560. The van der Waals surface area contributed by atoms with Gasteiger partial charge in [-0.2, -0.15) is 10.2 Å². The summed E-state index contributed by atoms with van der Waals surface area (Å²) in [5.74, 6) is -1.55. The van der Waals surface area contributed by atoms with Crippen molar-refractivity contribution in [2.75, 3.05) is 5.32 Å². The van der Waals surface area contributed by atoms with E-state index >= 15 is 0 Å². The summed E-state index contributed by atoms with van der Waals surface area (Å²) in [6.07, 6.45) is -1.26. The maximum absolute atomic E-state index is 13.6. The number of nitrogens with one attached hydrogen (secondary N) is 1. The smallest absolute Gasteiger partial charge is 0.312 e. The summed E-state index contributed by atoms with van der Waals surface area (Å²) in [4.78, 5) is 39.9. The molecule has 0 unspecified atom stereocenters. The van der Waals surface area contributed by atoms with E-state index in [2.05, 4.69) is 20.5 Å². The molecule has 0 aliphatic carbocycles. The molecule has 0 bridgehead atoms. The van der Waals surface area contributed by atoms with E-state index in [0.717, 1.165) is 11.3 Å². The van der Waals surface area contributed by atoms with Crippen molar-refractivity contribution in [1.82, 2.24) is 24.5 Å². The van der Waals surface area contributed by atoms with Gasteiger partial charge in [0.2, 0.25) is 5.91 Å². The highest BCUT2D eigenvalue weighted by Crippen LogP contribution is 2.43. The number of hydrogen-bond acceptors (Lipinski definition) is 8. The summed E-state index contributed by atoms with van der Waals surface area (Å²) in [6.45, 7) is 4.20. The van der Waals surface area contributed by atoms with Gasteiger partial charge in [-0.1, -0.05) is 0 Å². The number of carbonyl (C=O) groups is 2. The summed E-state index contributed by atoms with van der Waals surface area (Å²) >= 11 is 0.774. The number of carbonyl (C=O) groups excluding carboxylic acids is 2. The molecule has 0 aliphatic rings. The fraction of sp³-hybridized carbons (Fsp3) is 0.286. The van der Waals surface area contributed by atoms with Gasteiger partial charge in [0.25, 0.3) is 12.3 Å². The predicted molar refractivity (Wildman–Crippen MR) is 127 cm³/mol. The van der Waals surface area contributed by atoms with Crippen LogP contribution in [0.5, 0.6) is 0 Å². The Balaban J connectivity index is 1.86. The van der Waals surface area contributed by atoms with Gasteiger partial charge in [-0.3, -0.25) is 29.1 Å². The number of anilines is 1. The number of fused-ring (bicyclic) bond motifs is 1. The Morgan fingerprint density at radius 1 is 1.22 bits per heavy atom. The zero-order valence-corrected chi connectivity index (χ0v) is 20.3. The Labute approximate surface area is 205 Å². The van der Waals surface area contributed by atoms with E-state index in [4.69, 9.17) is 5.73 Å². The van der Waals surface area contributed by atoms with E-state index in [-0.39, 0.29) is 37.9 Å².